The Balaban J connectivity index is 2.03. The number of nitrogens with one attached hydrogen (secondary N) is 4. The molecular weight excluding hydrogens is 387 g/mol. The van der Waals surface area contributed by atoms with Gasteiger partial charge in [-0.1, -0.05) is 23.2 Å². The van der Waals surface area contributed by atoms with E-state index in [-0.39, 0.29) is 11.0 Å². The normalized spacial score (nSPS) is 12.4. The summed E-state index contributed by atoms with van der Waals surface area (Å²) in [5.41, 5.74) is 8.67. The van der Waals surface area contributed by atoms with Gasteiger partial charge < -0.3 is 0 Å². The molecule has 0 aliphatic carbocycles. The Labute approximate surface area is 164 Å². The molecule has 0 atom stereocenters. The highest BCUT2D eigenvalue weighted by molar-refractivity contribution is 6.31. The van der Waals surface area contributed by atoms with Gasteiger partial charge in [0, 0.05) is 21.4 Å². The molecule has 1 aromatic heterocycles. The fourth-order valence-electron chi connectivity index (χ4n) is 3.01. The van der Waals surface area contributed by atoms with E-state index >= 15 is 0 Å². The lowest BCUT2D eigenvalue weighted by Crippen LogP contribution is -2.41. The van der Waals surface area contributed by atoms with E-state index in [0.29, 0.717) is 33.1 Å². The van der Waals surface area contributed by atoms with E-state index in [4.69, 9.17) is 39.0 Å². The molecule has 7 nitrogen and oxygen atoms in total. The van der Waals surface area contributed by atoms with Crippen LogP contribution >= 0.6 is 23.2 Å². The summed E-state index contributed by atoms with van der Waals surface area (Å²) in [6.45, 7) is 3.78. The number of aromatic nitrogens is 2. The van der Waals surface area contributed by atoms with Gasteiger partial charge in [0.1, 0.15) is 0 Å². The van der Waals surface area contributed by atoms with E-state index in [0.717, 1.165) is 11.1 Å². The molecule has 0 saturated carbocycles. The molecule has 9 heteroatoms. The van der Waals surface area contributed by atoms with E-state index in [1.54, 1.807) is 33.4 Å². The minimum atomic E-state index is -0.0112. The quantitative estimate of drug-likeness (QED) is 0.524. The first-order chi connectivity index (χ1) is 12.9. The third-order valence-electron chi connectivity index (χ3n) is 4.44. The van der Waals surface area contributed by atoms with Gasteiger partial charge in [0.05, 0.1) is 0 Å². The summed E-state index contributed by atoms with van der Waals surface area (Å²) < 4.78 is 3.19. The van der Waals surface area contributed by atoms with Crippen molar-refractivity contribution in [3.8, 4) is 11.4 Å². The SMILES string of the molecule is Cc1cc(-n2c3c(n(-c4ccc(Cl)c(C)c4)c(=N)c2=N)NON3)ccc1Cl. The van der Waals surface area contributed by atoms with Gasteiger partial charge in [-0.3, -0.25) is 20.0 Å². The first-order valence-corrected chi connectivity index (χ1v) is 8.86. The predicted octanol–water partition coefficient (Wildman–Crippen LogP) is 3.83. The summed E-state index contributed by atoms with van der Waals surface area (Å²) in [4.78, 5) is 5.20. The number of halogens is 2. The zero-order valence-electron chi connectivity index (χ0n) is 14.5. The Morgan fingerprint density at radius 2 is 1.19 bits per heavy atom. The van der Waals surface area contributed by atoms with Crippen molar-refractivity contribution < 1.29 is 4.94 Å². The van der Waals surface area contributed by atoms with Gasteiger partial charge >= 0.3 is 0 Å². The van der Waals surface area contributed by atoms with Crippen LogP contribution in [-0.4, -0.2) is 9.13 Å². The number of benzene rings is 2. The molecule has 0 fully saturated rings. The summed E-state index contributed by atoms with van der Waals surface area (Å²) in [5, 5.41) is 18.4. The van der Waals surface area contributed by atoms with Gasteiger partial charge in [-0.25, -0.2) is 11.0 Å². The average Bonchev–Trinajstić information content (AvgIpc) is 3.10. The first-order valence-electron chi connectivity index (χ1n) is 8.10. The van der Waals surface area contributed by atoms with Crippen molar-refractivity contribution in [1.29, 1.82) is 10.8 Å². The lowest BCUT2D eigenvalue weighted by atomic mass is 10.2. The second-order valence-corrected chi connectivity index (χ2v) is 7.05. The smallest absolute Gasteiger partial charge is 0.182 e. The largest absolute Gasteiger partial charge is 0.281 e. The Bertz CT molecular complexity index is 1110. The van der Waals surface area contributed by atoms with Crippen LogP contribution < -0.4 is 21.9 Å². The first kappa shape index (κ1) is 17.7. The second-order valence-electron chi connectivity index (χ2n) is 6.24. The summed E-state index contributed by atoms with van der Waals surface area (Å²) >= 11 is 12.3. The van der Waals surface area contributed by atoms with Gasteiger partial charge in [-0.05, 0) is 61.4 Å². The third-order valence-corrected chi connectivity index (χ3v) is 5.29. The molecule has 4 N–H and O–H groups in total. The molecule has 0 unspecified atom stereocenters. The molecule has 1 aliphatic rings. The van der Waals surface area contributed by atoms with Crippen molar-refractivity contribution >= 4 is 34.8 Å². The van der Waals surface area contributed by atoms with E-state index in [2.05, 4.69) is 11.0 Å². The van der Waals surface area contributed by atoms with Crippen LogP contribution in [0.4, 0.5) is 11.6 Å². The number of aryl methyl sites for hydroxylation is 2. The number of anilines is 2. The van der Waals surface area contributed by atoms with Gasteiger partial charge in [-0.2, -0.15) is 4.94 Å². The van der Waals surface area contributed by atoms with Gasteiger partial charge in [0.2, 0.25) is 0 Å². The Hall–Kier alpha value is -2.74. The summed E-state index contributed by atoms with van der Waals surface area (Å²) in [5.74, 6) is 1.01. The van der Waals surface area contributed by atoms with Crippen LogP contribution in [0.2, 0.25) is 10.0 Å². The van der Waals surface area contributed by atoms with Crippen molar-refractivity contribution in [2.75, 3.05) is 11.0 Å². The Morgan fingerprint density at radius 1 is 0.778 bits per heavy atom. The zero-order valence-corrected chi connectivity index (χ0v) is 16.0. The lowest BCUT2D eigenvalue weighted by molar-refractivity contribution is 0.279. The monoisotopic (exact) mass is 402 g/mol. The topological polar surface area (TPSA) is 90.9 Å². The highest BCUT2D eigenvalue weighted by Crippen LogP contribution is 2.30. The summed E-state index contributed by atoms with van der Waals surface area (Å²) in [6, 6.07) is 10.8. The van der Waals surface area contributed by atoms with E-state index < -0.39 is 0 Å². The zero-order chi connectivity index (χ0) is 19.3. The molecule has 0 radical (unpaired) electrons. The van der Waals surface area contributed by atoms with Crippen LogP contribution in [-0.2, 0) is 4.94 Å². The minimum Gasteiger partial charge on any atom is -0.281 e. The molecule has 2 aromatic carbocycles. The molecule has 3 aromatic rings. The van der Waals surface area contributed by atoms with Crippen molar-refractivity contribution in [3.63, 3.8) is 0 Å². The maximum Gasteiger partial charge on any atom is 0.182 e. The molecule has 0 saturated heterocycles. The van der Waals surface area contributed by atoms with Crippen molar-refractivity contribution in [1.82, 2.24) is 9.13 Å². The van der Waals surface area contributed by atoms with Crippen LogP contribution in [0.1, 0.15) is 11.1 Å². The molecule has 0 amide bonds. The Morgan fingerprint density at radius 3 is 1.56 bits per heavy atom. The van der Waals surface area contributed by atoms with Gasteiger partial charge in [0.25, 0.3) is 0 Å². The van der Waals surface area contributed by atoms with Gasteiger partial charge in [-0.15, -0.1) is 0 Å². The maximum atomic E-state index is 8.58. The highest BCUT2D eigenvalue weighted by Gasteiger charge is 2.23. The number of fused-ring (bicyclic) bond motifs is 1. The standard InChI is InChI=1S/C18H16Cl2N6O/c1-9-7-11(3-5-13(9)19)25-15(21)16(22)26(18-17(25)23-27-24-18)12-4-6-14(20)10(2)8-12/h3-8,21-24H,1-2H3. The summed E-state index contributed by atoms with van der Waals surface area (Å²) in [7, 11) is 0. The molecule has 27 heavy (non-hydrogen) atoms. The third kappa shape index (κ3) is 2.80. The van der Waals surface area contributed by atoms with E-state index in [1.807, 2.05) is 26.0 Å². The van der Waals surface area contributed by atoms with Crippen LogP contribution in [0.3, 0.4) is 0 Å². The van der Waals surface area contributed by atoms with Crippen molar-refractivity contribution in [2.45, 2.75) is 13.8 Å². The van der Waals surface area contributed by atoms with Crippen molar-refractivity contribution in [3.05, 3.63) is 68.5 Å². The number of nitrogens with zero attached hydrogens (tertiary/aromatic N) is 2. The van der Waals surface area contributed by atoms with Gasteiger partial charge in [0.15, 0.2) is 22.6 Å². The number of hydrogen-bond donors (Lipinski definition) is 4. The summed E-state index contributed by atoms with van der Waals surface area (Å²) in [6.07, 6.45) is 0. The van der Waals surface area contributed by atoms with Crippen LogP contribution in [0.5, 0.6) is 0 Å². The van der Waals surface area contributed by atoms with E-state index in [9.17, 15) is 0 Å². The van der Waals surface area contributed by atoms with Crippen LogP contribution in [0, 0.1) is 24.7 Å². The molecule has 4 rings (SSSR count). The molecule has 2 heterocycles. The van der Waals surface area contributed by atoms with E-state index in [1.165, 1.54) is 0 Å². The van der Waals surface area contributed by atoms with Crippen molar-refractivity contribution in [2.24, 2.45) is 0 Å². The fourth-order valence-corrected chi connectivity index (χ4v) is 3.24. The van der Waals surface area contributed by atoms with Crippen LogP contribution in [0.25, 0.3) is 11.4 Å². The Kier molecular flexibility index (Phi) is 4.22. The number of rotatable bonds is 2. The molecular formula is C18H16Cl2N6O. The molecule has 138 valence electrons. The predicted molar refractivity (Wildman–Crippen MR) is 105 cm³/mol. The minimum absolute atomic E-state index is 0.0112. The molecule has 0 bridgehead atoms. The fraction of sp³-hybridized carbons (Fsp3) is 0.111. The molecule has 0 spiro atoms. The number of hydrogen-bond acceptors (Lipinski definition) is 5. The average molecular weight is 403 g/mol. The highest BCUT2D eigenvalue weighted by atomic mass is 35.5. The maximum absolute atomic E-state index is 8.58. The second kappa shape index (κ2) is 6.45. The lowest BCUT2D eigenvalue weighted by Gasteiger charge is -2.18. The molecule has 1 aliphatic heterocycles. The van der Waals surface area contributed by atoms with Crippen LogP contribution in [0.15, 0.2) is 36.4 Å².